The van der Waals surface area contributed by atoms with E-state index in [1.807, 2.05) is 0 Å². The summed E-state index contributed by atoms with van der Waals surface area (Å²) in [5, 5.41) is 0. The van der Waals surface area contributed by atoms with Crippen LogP contribution in [-0.4, -0.2) is 8.42 Å². The second-order valence-corrected chi connectivity index (χ2v) is 9.09. The van der Waals surface area contributed by atoms with E-state index in [0.717, 1.165) is 62.5 Å². The molecule has 0 fully saturated rings. The van der Waals surface area contributed by atoms with E-state index in [2.05, 4.69) is 13.8 Å². The molecule has 5 heteroatoms. The molecule has 0 bridgehead atoms. The van der Waals surface area contributed by atoms with E-state index in [9.17, 15) is 8.42 Å². The van der Waals surface area contributed by atoms with Crippen molar-refractivity contribution in [1.29, 1.82) is 0 Å². The highest BCUT2D eigenvalue weighted by molar-refractivity contribution is 7.91. The fraction of sp³-hybridized carbons (Fsp3) is 0.455. The second-order valence-electron chi connectivity index (χ2n) is 7.14. The summed E-state index contributed by atoms with van der Waals surface area (Å²) in [7, 11) is -3.59. The molecule has 0 aliphatic heterocycles. The number of sulfone groups is 1. The number of nitrogen functional groups attached to an aromatic ring is 2. The van der Waals surface area contributed by atoms with E-state index >= 15 is 0 Å². The molecule has 4 nitrogen and oxygen atoms in total. The molecular weight excluding hydrogens is 356 g/mol. The molecular formula is C22H32N2O2S. The Hall–Kier alpha value is -2.01. The Bertz CT molecular complexity index is 795. The van der Waals surface area contributed by atoms with Gasteiger partial charge in [0.15, 0.2) is 0 Å². The van der Waals surface area contributed by atoms with Gasteiger partial charge in [-0.15, -0.1) is 0 Å². The molecule has 0 saturated heterocycles. The zero-order valence-electron chi connectivity index (χ0n) is 16.5. The van der Waals surface area contributed by atoms with Crippen LogP contribution in [0.15, 0.2) is 46.2 Å². The van der Waals surface area contributed by atoms with Crippen molar-refractivity contribution in [3.8, 4) is 0 Å². The Balaban J connectivity index is 2.32. The van der Waals surface area contributed by atoms with Gasteiger partial charge in [-0.05, 0) is 73.2 Å². The van der Waals surface area contributed by atoms with Gasteiger partial charge in [0, 0.05) is 11.4 Å². The molecule has 0 atom stereocenters. The highest BCUT2D eigenvalue weighted by Crippen LogP contribution is 2.28. The van der Waals surface area contributed by atoms with Crippen molar-refractivity contribution < 1.29 is 8.42 Å². The van der Waals surface area contributed by atoms with Crippen LogP contribution in [-0.2, 0) is 22.7 Å². The van der Waals surface area contributed by atoms with Crippen molar-refractivity contribution in [2.75, 3.05) is 11.5 Å². The number of rotatable bonds is 10. The van der Waals surface area contributed by atoms with Crippen LogP contribution in [0.4, 0.5) is 11.4 Å². The normalized spacial score (nSPS) is 11.6. The summed E-state index contributed by atoms with van der Waals surface area (Å²) in [4.78, 5) is 0.597. The first-order valence-electron chi connectivity index (χ1n) is 9.92. The standard InChI is InChI=1S/C22H32N2O2S/c1-3-5-7-9-17-15-19(11-13-21(17)23)27(25,26)20-12-14-22(24)18(16-20)10-8-6-4-2/h11-16H,3-10,23-24H2,1-2H3. The van der Waals surface area contributed by atoms with Crippen LogP contribution in [0.3, 0.4) is 0 Å². The molecule has 0 saturated carbocycles. The summed E-state index contributed by atoms with van der Waals surface area (Å²) in [6.45, 7) is 4.28. The summed E-state index contributed by atoms with van der Waals surface area (Å²) >= 11 is 0. The Morgan fingerprint density at radius 3 is 1.48 bits per heavy atom. The largest absolute Gasteiger partial charge is 0.399 e. The predicted octanol–water partition coefficient (Wildman–Crippen LogP) is 5.15. The molecule has 2 aromatic carbocycles. The summed E-state index contributed by atoms with van der Waals surface area (Å²) in [5.74, 6) is 0. The third-order valence-corrected chi connectivity index (χ3v) is 6.70. The maximum absolute atomic E-state index is 13.1. The van der Waals surface area contributed by atoms with Crippen LogP contribution in [0.1, 0.15) is 63.5 Å². The Labute approximate surface area is 163 Å². The van der Waals surface area contributed by atoms with Crippen molar-refractivity contribution in [1.82, 2.24) is 0 Å². The molecule has 2 aromatic rings. The lowest BCUT2D eigenvalue weighted by Gasteiger charge is -2.12. The van der Waals surface area contributed by atoms with Crippen LogP contribution >= 0.6 is 0 Å². The number of anilines is 2. The summed E-state index contributed by atoms with van der Waals surface area (Å²) in [6, 6.07) is 10.1. The predicted molar refractivity (Wildman–Crippen MR) is 114 cm³/mol. The SMILES string of the molecule is CCCCCc1cc(S(=O)(=O)c2ccc(N)c(CCCCC)c2)ccc1N. The van der Waals surface area contributed by atoms with Crippen LogP contribution in [0.5, 0.6) is 0 Å². The van der Waals surface area contributed by atoms with Gasteiger partial charge in [0.05, 0.1) is 9.79 Å². The van der Waals surface area contributed by atoms with Gasteiger partial charge in [-0.3, -0.25) is 0 Å². The molecule has 0 aromatic heterocycles. The highest BCUT2D eigenvalue weighted by atomic mass is 32.2. The van der Waals surface area contributed by atoms with Crippen LogP contribution in [0, 0.1) is 0 Å². The minimum Gasteiger partial charge on any atom is -0.399 e. The lowest BCUT2D eigenvalue weighted by Crippen LogP contribution is -2.06. The Morgan fingerprint density at radius 2 is 1.11 bits per heavy atom. The topological polar surface area (TPSA) is 86.2 Å². The van der Waals surface area contributed by atoms with E-state index < -0.39 is 9.84 Å². The molecule has 148 valence electrons. The lowest BCUT2D eigenvalue weighted by atomic mass is 10.1. The number of hydrogen-bond acceptors (Lipinski definition) is 4. The van der Waals surface area contributed by atoms with Gasteiger partial charge in [0.1, 0.15) is 0 Å². The van der Waals surface area contributed by atoms with Gasteiger partial charge in [0.2, 0.25) is 9.84 Å². The smallest absolute Gasteiger partial charge is 0.206 e. The fourth-order valence-corrected chi connectivity index (χ4v) is 4.56. The average Bonchev–Trinajstić information content (AvgIpc) is 2.65. The minimum atomic E-state index is -3.59. The van der Waals surface area contributed by atoms with E-state index in [1.165, 1.54) is 0 Å². The molecule has 0 heterocycles. The molecule has 2 rings (SSSR count). The van der Waals surface area contributed by atoms with Crippen molar-refractivity contribution in [3.63, 3.8) is 0 Å². The zero-order chi connectivity index (χ0) is 19.9. The zero-order valence-corrected chi connectivity index (χ0v) is 17.3. The van der Waals surface area contributed by atoms with E-state index in [4.69, 9.17) is 11.5 Å². The first-order chi connectivity index (χ1) is 12.9. The average molecular weight is 389 g/mol. The van der Waals surface area contributed by atoms with Gasteiger partial charge in [-0.1, -0.05) is 39.5 Å². The Kier molecular flexibility index (Phi) is 7.72. The van der Waals surface area contributed by atoms with Gasteiger partial charge in [-0.2, -0.15) is 0 Å². The molecule has 0 aliphatic rings. The quantitative estimate of drug-likeness (QED) is 0.435. The van der Waals surface area contributed by atoms with Crippen LogP contribution in [0.25, 0.3) is 0 Å². The fourth-order valence-electron chi connectivity index (χ4n) is 3.20. The maximum atomic E-state index is 13.1. The van der Waals surface area contributed by atoms with Gasteiger partial charge >= 0.3 is 0 Å². The van der Waals surface area contributed by atoms with Gasteiger partial charge in [-0.25, -0.2) is 8.42 Å². The summed E-state index contributed by atoms with van der Waals surface area (Å²) in [6.07, 6.45) is 8.06. The molecule has 0 radical (unpaired) electrons. The molecule has 0 aliphatic carbocycles. The number of hydrogen-bond donors (Lipinski definition) is 2. The van der Waals surface area contributed by atoms with E-state index in [1.54, 1.807) is 36.4 Å². The molecule has 0 spiro atoms. The summed E-state index contributed by atoms with van der Waals surface area (Å²) in [5.41, 5.74) is 15.2. The van der Waals surface area contributed by atoms with Crippen molar-refractivity contribution >= 4 is 21.2 Å². The maximum Gasteiger partial charge on any atom is 0.206 e. The van der Waals surface area contributed by atoms with Crippen LogP contribution < -0.4 is 11.5 Å². The molecule has 0 unspecified atom stereocenters. The Morgan fingerprint density at radius 1 is 0.704 bits per heavy atom. The number of benzene rings is 2. The molecule has 27 heavy (non-hydrogen) atoms. The first-order valence-corrected chi connectivity index (χ1v) is 11.4. The third-order valence-electron chi connectivity index (χ3n) is 4.95. The summed E-state index contributed by atoms with van der Waals surface area (Å²) < 4.78 is 26.3. The lowest BCUT2D eigenvalue weighted by molar-refractivity contribution is 0.595. The molecule has 4 N–H and O–H groups in total. The first kappa shape index (κ1) is 21.3. The van der Waals surface area contributed by atoms with Crippen molar-refractivity contribution in [2.24, 2.45) is 0 Å². The number of unbranched alkanes of at least 4 members (excludes halogenated alkanes) is 4. The van der Waals surface area contributed by atoms with Crippen LogP contribution in [0.2, 0.25) is 0 Å². The monoisotopic (exact) mass is 388 g/mol. The minimum absolute atomic E-state index is 0.299. The van der Waals surface area contributed by atoms with Crippen molar-refractivity contribution in [2.45, 2.75) is 75.0 Å². The second kappa shape index (κ2) is 9.79. The van der Waals surface area contributed by atoms with Gasteiger partial charge < -0.3 is 11.5 Å². The molecule has 0 amide bonds. The number of nitrogens with two attached hydrogens (primary N) is 2. The van der Waals surface area contributed by atoms with Crippen molar-refractivity contribution in [3.05, 3.63) is 47.5 Å². The highest BCUT2D eigenvalue weighted by Gasteiger charge is 2.20. The van der Waals surface area contributed by atoms with E-state index in [0.29, 0.717) is 21.2 Å². The van der Waals surface area contributed by atoms with E-state index in [-0.39, 0.29) is 0 Å². The third kappa shape index (κ3) is 5.48. The number of aryl methyl sites for hydroxylation is 2. The van der Waals surface area contributed by atoms with Gasteiger partial charge in [0.25, 0.3) is 0 Å².